The first-order chi connectivity index (χ1) is 12.4. The predicted octanol–water partition coefficient (Wildman–Crippen LogP) is 0.321. The quantitative estimate of drug-likeness (QED) is 0.843. The van der Waals surface area contributed by atoms with Gasteiger partial charge < -0.3 is 14.8 Å². The number of hydrogen-bond acceptors (Lipinski definition) is 4. The number of likely N-dealkylation sites (N-methyl/N-ethyl adjacent to an activating group) is 1. The van der Waals surface area contributed by atoms with Crippen molar-refractivity contribution in [2.24, 2.45) is 0 Å². The Hall–Kier alpha value is -2.67. The maximum atomic E-state index is 12.4. The Morgan fingerprint density at radius 3 is 2.77 bits per heavy atom. The zero-order valence-electron chi connectivity index (χ0n) is 15.0. The first kappa shape index (κ1) is 16.8. The highest BCUT2D eigenvalue weighted by Gasteiger charge is 2.41. The van der Waals surface area contributed by atoms with Crippen LogP contribution in [0.1, 0.15) is 11.1 Å². The molecule has 1 unspecified atom stereocenters. The average Bonchev–Trinajstić information content (AvgIpc) is 2.60. The van der Waals surface area contributed by atoms with Crippen molar-refractivity contribution in [1.82, 2.24) is 19.7 Å². The highest BCUT2D eigenvalue weighted by Crippen LogP contribution is 2.19. The molecule has 0 saturated carbocycles. The lowest BCUT2D eigenvalue weighted by Crippen LogP contribution is -2.66. The minimum Gasteiger partial charge on any atom is -0.335 e. The summed E-state index contributed by atoms with van der Waals surface area (Å²) in [5.74, 6) is -0.0344. The molecule has 3 heterocycles. The summed E-state index contributed by atoms with van der Waals surface area (Å²) in [6.07, 6.45) is 0. The SMILES string of the molecule is Cc1ccc2cc(CN3CCN4C(=O)CN(C)C(=O)C4C3)c(=O)[nH]c2c1. The largest absolute Gasteiger partial charge is 0.335 e. The molecule has 2 aliphatic heterocycles. The van der Waals surface area contributed by atoms with Crippen LogP contribution in [0.3, 0.4) is 0 Å². The van der Waals surface area contributed by atoms with E-state index in [1.54, 1.807) is 11.9 Å². The van der Waals surface area contributed by atoms with Crippen LogP contribution in [-0.4, -0.2) is 70.8 Å². The van der Waals surface area contributed by atoms with Gasteiger partial charge in [0.2, 0.25) is 11.8 Å². The molecular weight excluding hydrogens is 332 g/mol. The van der Waals surface area contributed by atoms with Crippen molar-refractivity contribution in [2.75, 3.05) is 33.2 Å². The minimum absolute atomic E-state index is 0.00401. The molecule has 136 valence electrons. The van der Waals surface area contributed by atoms with Crippen molar-refractivity contribution in [2.45, 2.75) is 19.5 Å². The van der Waals surface area contributed by atoms with Crippen LogP contribution in [0.4, 0.5) is 0 Å². The molecule has 26 heavy (non-hydrogen) atoms. The van der Waals surface area contributed by atoms with Crippen LogP contribution in [0, 0.1) is 6.92 Å². The lowest BCUT2D eigenvalue weighted by Gasteiger charge is -2.45. The number of carbonyl (C=O) groups excluding carboxylic acids is 2. The molecule has 4 rings (SSSR count). The summed E-state index contributed by atoms with van der Waals surface area (Å²) in [7, 11) is 1.66. The number of aromatic amines is 1. The van der Waals surface area contributed by atoms with Crippen molar-refractivity contribution >= 4 is 22.7 Å². The number of fused-ring (bicyclic) bond motifs is 2. The van der Waals surface area contributed by atoms with Gasteiger partial charge in [0.05, 0.1) is 6.54 Å². The van der Waals surface area contributed by atoms with E-state index in [9.17, 15) is 14.4 Å². The molecule has 2 aliphatic rings. The van der Waals surface area contributed by atoms with Gasteiger partial charge in [0, 0.05) is 44.3 Å². The summed E-state index contributed by atoms with van der Waals surface area (Å²) in [4.78, 5) is 45.2. The highest BCUT2D eigenvalue weighted by molar-refractivity contribution is 5.95. The molecule has 7 heteroatoms. The maximum Gasteiger partial charge on any atom is 0.252 e. The van der Waals surface area contributed by atoms with Gasteiger partial charge in [0.25, 0.3) is 5.56 Å². The Kier molecular flexibility index (Phi) is 4.03. The van der Waals surface area contributed by atoms with Crippen LogP contribution in [0.2, 0.25) is 0 Å². The summed E-state index contributed by atoms with van der Waals surface area (Å²) >= 11 is 0. The molecule has 0 aliphatic carbocycles. The Morgan fingerprint density at radius 1 is 1.15 bits per heavy atom. The van der Waals surface area contributed by atoms with E-state index in [-0.39, 0.29) is 23.9 Å². The highest BCUT2D eigenvalue weighted by atomic mass is 16.2. The number of aryl methyl sites for hydroxylation is 1. The fraction of sp³-hybridized carbons (Fsp3) is 0.421. The number of rotatable bonds is 2. The number of aromatic nitrogens is 1. The van der Waals surface area contributed by atoms with Crippen LogP contribution in [0.5, 0.6) is 0 Å². The molecule has 2 amide bonds. The van der Waals surface area contributed by atoms with Crippen molar-refractivity contribution < 1.29 is 9.59 Å². The summed E-state index contributed by atoms with van der Waals surface area (Å²) in [6, 6.07) is 7.45. The Bertz CT molecular complexity index is 951. The van der Waals surface area contributed by atoms with Gasteiger partial charge in [0.15, 0.2) is 0 Å². The number of pyridine rings is 1. The normalized spacial score (nSPS) is 21.4. The van der Waals surface area contributed by atoms with Crippen LogP contribution >= 0.6 is 0 Å². The summed E-state index contributed by atoms with van der Waals surface area (Å²) < 4.78 is 0. The molecule has 1 atom stereocenters. The molecule has 2 saturated heterocycles. The van der Waals surface area contributed by atoms with Crippen LogP contribution in [-0.2, 0) is 16.1 Å². The van der Waals surface area contributed by atoms with E-state index < -0.39 is 6.04 Å². The Balaban J connectivity index is 1.56. The third-order valence-corrected chi connectivity index (χ3v) is 5.29. The molecule has 2 fully saturated rings. The monoisotopic (exact) mass is 354 g/mol. The molecule has 0 bridgehead atoms. The van der Waals surface area contributed by atoms with Crippen molar-refractivity contribution in [3.63, 3.8) is 0 Å². The van der Waals surface area contributed by atoms with E-state index in [1.807, 2.05) is 31.2 Å². The smallest absolute Gasteiger partial charge is 0.252 e. The number of benzene rings is 1. The second-order valence-corrected chi connectivity index (χ2v) is 7.25. The van der Waals surface area contributed by atoms with Gasteiger partial charge in [-0.3, -0.25) is 19.3 Å². The molecule has 1 N–H and O–H groups in total. The number of nitrogens with zero attached hydrogens (tertiary/aromatic N) is 3. The zero-order valence-corrected chi connectivity index (χ0v) is 15.0. The Morgan fingerprint density at radius 2 is 1.96 bits per heavy atom. The van der Waals surface area contributed by atoms with E-state index in [0.29, 0.717) is 31.7 Å². The average molecular weight is 354 g/mol. The van der Waals surface area contributed by atoms with Gasteiger partial charge >= 0.3 is 0 Å². The van der Waals surface area contributed by atoms with Crippen LogP contribution in [0.25, 0.3) is 10.9 Å². The Labute approximate surface area is 151 Å². The van der Waals surface area contributed by atoms with Gasteiger partial charge in [-0.25, -0.2) is 0 Å². The topological polar surface area (TPSA) is 76.7 Å². The molecule has 2 aromatic rings. The van der Waals surface area contributed by atoms with E-state index in [0.717, 1.165) is 16.5 Å². The number of amides is 2. The first-order valence-electron chi connectivity index (χ1n) is 8.82. The lowest BCUT2D eigenvalue weighted by atomic mass is 10.1. The second kappa shape index (κ2) is 6.25. The predicted molar refractivity (Wildman–Crippen MR) is 97.7 cm³/mol. The van der Waals surface area contributed by atoms with E-state index in [2.05, 4.69) is 9.88 Å². The number of nitrogens with one attached hydrogen (secondary N) is 1. The fourth-order valence-corrected chi connectivity index (χ4v) is 3.84. The second-order valence-electron chi connectivity index (χ2n) is 7.25. The number of hydrogen-bond donors (Lipinski definition) is 1. The molecule has 1 aromatic carbocycles. The van der Waals surface area contributed by atoms with Crippen molar-refractivity contribution in [3.8, 4) is 0 Å². The van der Waals surface area contributed by atoms with Gasteiger partial charge in [-0.15, -0.1) is 0 Å². The fourth-order valence-electron chi connectivity index (χ4n) is 3.84. The van der Waals surface area contributed by atoms with Crippen molar-refractivity contribution in [1.29, 1.82) is 0 Å². The summed E-state index contributed by atoms with van der Waals surface area (Å²) in [6.45, 7) is 4.25. The molecule has 1 aromatic heterocycles. The lowest BCUT2D eigenvalue weighted by molar-refractivity contribution is -0.158. The first-order valence-corrected chi connectivity index (χ1v) is 8.82. The van der Waals surface area contributed by atoms with Crippen molar-refractivity contribution in [3.05, 3.63) is 45.7 Å². The third-order valence-electron chi connectivity index (χ3n) is 5.29. The third kappa shape index (κ3) is 2.88. The van der Waals surface area contributed by atoms with Gasteiger partial charge in [-0.2, -0.15) is 0 Å². The van der Waals surface area contributed by atoms with Gasteiger partial charge in [-0.1, -0.05) is 12.1 Å². The number of piperazine rings is 2. The van der Waals surface area contributed by atoms with E-state index in [1.165, 1.54) is 4.90 Å². The van der Waals surface area contributed by atoms with E-state index in [4.69, 9.17) is 0 Å². The zero-order chi connectivity index (χ0) is 18.4. The number of carbonyl (C=O) groups is 2. The van der Waals surface area contributed by atoms with Gasteiger partial charge in [0.1, 0.15) is 6.04 Å². The minimum atomic E-state index is -0.447. The van der Waals surface area contributed by atoms with Crippen LogP contribution in [0.15, 0.2) is 29.1 Å². The molecule has 0 spiro atoms. The summed E-state index contributed by atoms with van der Waals surface area (Å²) in [5, 5.41) is 0.993. The molecule has 7 nitrogen and oxygen atoms in total. The van der Waals surface area contributed by atoms with E-state index >= 15 is 0 Å². The number of H-pyrrole nitrogens is 1. The molecular formula is C19H22N4O3. The van der Waals surface area contributed by atoms with Gasteiger partial charge in [-0.05, 0) is 30.0 Å². The standard InChI is InChI=1S/C19H22N4O3/c1-12-3-4-13-8-14(18(25)20-15(13)7-12)9-22-5-6-23-16(10-22)19(26)21(2)11-17(23)24/h3-4,7-8,16H,5-6,9-11H2,1-2H3,(H,20,25). The maximum absolute atomic E-state index is 12.4. The van der Waals surface area contributed by atoms with Crippen LogP contribution < -0.4 is 5.56 Å². The summed E-state index contributed by atoms with van der Waals surface area (Å²) in [5.41, 5.74) is 2.51. The molecule has 0 radical (unpaired) electrons.